The minimum Gasteiger partial charge on any atom is -0.299 e. The Labute approximate surface area is 79.2 Å². The summed E-state index contributed by atoms with van der Waals surface area (Å²) in [4.78, 5) is 11.8. The highest BCUT2D eigenvalue weighted by molar-refractivity contribution is 5.85. The molecule has 0 aliphatic heterocycles. The van der Waals surface area contributed by atoms with E-state index in [1.165, 1.54) is 24.8 Å². The van der Waals surface area contributed by atoms with Gasteiger partial charge in [0.1, 0.15) is 5.78 Å². The maximum atomic E-state index is 11.8. The van der Waals surface area contributed by atoms with Crippen LogP contribution in [0.5, 0.6) is 0 Å². The first-order valence-electron chi connectivity index (χ1n) is 5.44. The Morgan fingerprint density at radius 2 is 2.38 bits per heavy atom. The van der Waals surface area contributed by atoms with E-state index in [0.717, 1.165) is 12.8 Å². The minimum absolute atomic E-state index is 0.347. The van der Waals surface area contributed by atoms with Crippen LogP contribution in [-0.2, 0) is 4.79 Å². The van der Waals surface area contributed by atoms with Gasteiger partial charge in [-0.25, -0.2) is 0 Å². The summed E-state index contributed by atoms with van der Waals surface area (Å²) in [6, 6.07) is 0. The van der Waals surface area contributed by atoms with Crippen LogP contribution in [0.4, 0.5) is 0 Å². The molecule has 1 spiro atoms. The summed E-state index contributed by atoms with van der Waals surface area (Å²) < 4.78 is 0. The van der Waals surface area contributed by atoms with Crippen LogP contribution < -0.4 is 0 Å². The van der Waals surface area contributed by atoms with E-state index in [9.17, 15) is 4.79 Å². The molecule has 2 fully saturated rings. The Morgan fingerprint density at radius 1 is 1.54 bits per heavy atom. The number of allylic oxidation sites excluding steroid dienone is 2. The van der Waals surface area contributed by atoms with E-state index in [1.54, 1.807) is 0 Å². The fourth-order valence-electron chi connectivity index (χ4n) is 4.00. The van der Waals surface area contributed by atoms with E-state index in [-0.39, 0.29) is 0 Å². The predicted octanol–water partition coefficient (Wildman–Crippen LogP) is 2.71. The van der Waals surface area contributed by atoms with Crippen LogP contribution in [0.15, 0.2) is 11.6 Å². The largest absolute Gasteiger partial charge is 0.299 e. The number of ketones is 1. The van der Waals surface area contributed by atoms with Gasteiger partial charge in [0.15, 0.2) is 0 Å². The third-order valence-corrected chi connectivity index (χ3v) is 4.53. The summed E-state index contributed by atoms with van der Waals surface area (Å²) in [6.07, 6.45) is 8.22. The van der Waals surface area contributed by atoms with Crippen molar-refractivity contribution in [3.63, 3.8) is 0 Å². The van der Waals surface area contributed by atoms with Gasteiger partial charge in [-0.15, -0.1) is 0 Å². The SMILES string of the molecule is CC1=C[C@H]2CC(=O)[C@H]3CCC[C@@]13C2. The predicted molar refractivity (Wildman–Crippen MR) is 51.3 cm³/mol. The van der Waals surface area contributed by atoms with Crippen LogP contribution in [0, 0.1) is 17.3 Å². The lowest BCUT2D eigenvalue weighted by Gasteiger charge is -2.36. The van der Waals surface area contributed by atoms with Crippen molar-refractivity contribution in [1.29, 1.82) is 0 Å². The van der Waals surface area contributed by atoms with Gasteiger partial charge in [-0.2, -0.15) is 0 Å². The van der Waals surface area contributed by atoms with E-state index in [4.69, 9.17) is 0 Å². The number of hydrogen-bond donors (Lipinski definition) is 0. The zero-order valence-electron chi connectivity index (χ0n) is 8.18. The van der Waals surface area contributed by atoms with Crippen LogP contribution >= 0.6 is 0 Å². The molecule has 2 bridgehead atoms. The standard InChI is InChI=1S/C12H16O/c1-8-5-9-6-11(13)10-3-2-4-12(8,10)7-9/h5,9-10H,2-4,6-7H2,1H3/t9-,10+,12+/m0/s1. The quantitative estimate of drug-likeness (QED) is 0.519. The van der Waals surface area contributed by atoms with E-state index < -0.39 is 0 Å². The van der Waals surface area contributed by atoms with Gasteiger partial charge in [0.2, 0.25) is 0 Å². The zero-order valence-corrected chi connectivity index (χ0v) is 8.18. The first-order chi connectivity index (χ1) is 6.22. The Morgan fingerprint density at radius 3 is 3.23 bits per heavy atom. The second kappa shape index (κ2) is 2.26. The van der Waals surface area contributed by atoms with Gasteiger partial charge < -0.3 is 0 Å². The molecule has 1 nitrogen and oxygen atoms in total. The third-order valence-electron chi connectivity index (χ3n) is 4.53. The average Bonchev–Trinajstić information content (AvgIpc) is 2.58. The molecule has 0 unspecified atom stereocenters. The molecule has 70 valence electrons. The van der Waals surface area contributed by atoms with Gasteiger partial charge in [-0.1, -0.05) is 18.1 Å². The van der Waals surface area contributed by atoms with E-state index in [0.29, 0.717) is 23.0 Å². The Kier molecular flexibility index (Phi) is 1.35. The van der Waals surface area contributed by atoms with E-state index >= 15 is 0 Å². The molecule has 0 aromatic carbocycles. The molecule has 0 aromatic heterocycles. The van der Waals surface area contributed by atoms with Crippen molar-refractivity contribution in [2.45, 2.75) is 39.0 Å². The first kappa shape index (κ1) is 7.78. The molecule has 3 rings (SSSR count). The fraction of sp³-hybridized carbons (Fsp3) is 0.750. The normalized spacial score (nSPS) is 47.8. The molecule has 0 heterocycles. The number of Topliss-reactive ketones (excluding diaryl/α,β-unsaturated/α-hetero) is 1. The summed E-state index contributed by atoms with van der Waals surface area (Å²) >= 11 is 0. The van der Waals surface area contributed by atoms with Crippen molar-refractivity contribution in [2.24, 2.45) is 17.3 Å². The molecule has 0 saturated heterocycles. The molecule has 13 heavy (non-hydrogen) atoms. The maximum Gasteiger partial charge on any atom is 0.137 e. The molecule has 0 radical (unpaired) electrons. The van der Waals surface area contributed by atoms with Crippen LogP contribution in [-0.4, -0.2) is 5.78 Å². The van der Waals surface area contributed by atoms with Gasteiger partial charge in [0, 0.05) is 17.8 Å². The number of hydrogen-bond acceptors (Lipinski definition) is 1. The summed E-state index contributed by atoms with van der Waals surface area (Å²) in [5.41, 5.74) is 1.88. The van der Waals surface area contributed by atoms with Crippen molar-refractivity contribution >= 4 is 5.78 Å². The van der Waals surface area contributed by atoms with Crippen molar-refractivity contribution in [2.75, 3.05) is 0 Å². The summed E-state index contributed by atoms with van der Waals surface area (Å²) in [5.74, 6) is 1.56. The Balaban J connectivity index is 2.10. The highest BCUT2D eigenvalue weighted by atomic mass is 16.1. The number of rotatable bonds is 0. The highest BCUT2D eigenvalue weighted by Gasteiger charge is 2.54. The summed E-state index contributed by atoms with van der Waals surface area (Å²) in [6.45, 7) is 2.25. The van der Waals surface area contributed by atoms with Crippen molar-refractivity contribution in [3.05, 3.63) is 11.6 Å². The first-order valence-corrected chi connectivity index (χ1v) is 5.44. The number of fused-ring (bicyclic) bond motifs is 1. The number of carbonyl (C=O) groups excluding carboxylic acids is 1. The Bertz CT molecular complexity index is 302. The topological polar surface area (TPSA) is 17.1 Å². The molecular weight excluding hydrogens is 160 g/mol. The molecule has 3 atom stereocenters. The maximum absolute atomic E-state index is 11.8. The van der Waals surface area contributed by atoms with Gasteiger partial charge in [-0.05, 0) is 32.1 Å². The Hall–Kier alpha value is -0.590. The lowest BCUT2D eigenvalue weighted by Crippen LogP contribution is -2.35. The molecule has 3 aliphatic carbocycles. The van der Waals surface area contributed by atoms with Crippen molar-refractivity contribution in [3.8, 4) is 0 Å². The molecule has 3 aliphatic rings. The van der Waals surface area contributed by atoms with Crippen molar-refractivity contribution < 1.29 is 4.79 Å². The van der Waals surface area contributed by atoms with Gasteiger partial charge in [-0.3, -0.25) is 4.79 Å². The fourth-order valence-corrected chi connectivity index (χ4v) is 4.00. The zero-order chi connectivity index (χ0) is 9.05. The van der Waals surface area contributed by atoms with Gasteiger partial charge >= 0.3 is 0 Å². The summed E-state index contributed by atoms with van der Waals surface area (Å²) in [7, 11) is 0. The summed E-state index contributed by atoms with van der Waals surface area (Å²) in [5, 5.41) is 0. The van der Waals surface area contributed by atoms with Crippen LogP contribution in [0.3, 0.4) is 0 Å². The lowest BCUT2D eigenvalue weighted by atomic mass is 9.66. The van der Waals surface area contributed by atoms with Crippen LogP contribution in [0.2, 0.25) is 0 Å². The molecule has 0 N–H and O–H groups in total. The third kappa shape index (κ3) is 0.806. The van der Waals surface area contributed by atoms with Gasteiger partial charge in [0.25, 0.3) is 0 Å². The van der Waals surface area contributed by atoms with Crippen molar-refractivity contribution in [1.82, 2.24) is 0 Å². The highest BCUT2D eigenvalue weighted by Crippen LogP contribution is 2.60. The smallest absolute Gasteiger partial charge is 0.137 e. The number of carbonyl (C=O) groups is 1. The van der Waals surface area contributed by atoms with Crippen LogP contribution in [0.1, 0.15) is 39.0 Å². The average molecular weight is 176 g/mol. The van der Waals surface area contributed by atoms with E-state index in [2.05, 4.69) is 13.0 Å². The molecule has 0 amide bonds. The van der Waals surface area contributed by atoms with Crippen LogP contribution in [0.25, 0.3) is 0 Å². The molecular formula is C12H16O. The van der Waals surface area contributed by atoms with E-state index in [1.807, 2.05) is 0 Å². The second-order valence-electron chi connectivity index (χ2n) is 5.09. The monoisotopic (exact) mass is 176 g/mol. The lowest BCUT2D eigenvalue weighted by molar-refractivity contribution is -0.128. The molecule has 0 aromatic rings. The minimum atomic E-state index is 0.347. The second-order valence-corrected chi connectivity index (χ2v) is 5.09. The molecule has 1 heteroatoms. The molecule has 2 saturated carbocycles. The van der Waals surface area contributed by atoms with Gasteiger partial charge in [0.05, 0.1) is 0 Å².